The third kappa shape index (κ3) is 4.18. The predicted octanol–water partition coefficient (Wildman–Crippen LogP) is 3.90. The van der Waals surface area contributed by atoms with Crippen molar-refractivity contribution in [3.63, 3.8) is 0 Å². The van der Waals surface area contributed by atoms with Gasteiger partial charge in [0.15, 0.2) is 16.3 Å². The molecule has 0 unspecified atom stereocenters. The fraction of sp³-hybridized carbons (Fsp3) is 0.364. The maximum absolute atomic E-state index is 13.1. The first-order chi connectivity index (χ1) is 15.0. The van der Waals surface area contributed by atoms with Crippen LogP contribution in [-0.2, 0) is 6.54 Å². The lowest BCUT2D eigenvalue weighted by Crippen LogP contribution is -2.17. The number of benzene rings is 2. The summed E-state index contributed by atoms with van der Waals surface area (Å²) in [6.07, 6.45) is 0.859. The number of hydrogen-bond donors (Lipinski definition) is 0. The van der Waals surface area contributed by atoms with Gasteiger partial charge in [-0.15, -0.1) is 0 Å². The van der Waals surface area contributed by atoms with Gasteiger partial charge < -0.3 is 28.3 Å². The number of ether oxygens (including phenoxy) is 5. The van der Waals surface area contributed by atoms with E-state index in [4.69, 9.17) is 23.7 Å². The summed E-state index contributed by atoms with van der Waals surface area (Å²) < 4.78 is 30.0. The van der Waals surface area contributed by atoms with Gasteiger partial charge in [0.05, 0.1) is 35.5 Å². The Labute approximate surface area is 184 Å². The first-order valence-corrected chi connectivity index (χ1v) is 10.5. The molecule has 8 nitrogen and oxygen atoms in total. The molecule has 0 spiro atoms. The number of fused-ring (bicyclic) bond motifs is 1. The lowest BCUT2D eigenvalue weighted by atomic mass is 10.1. The van der Waals surface area contributed by atoms with Gasteiger partial charge in [0.1, 0.15) is 21.7 Å². The molecule has 0 atom stereocenters. The van der Waals surface area contributed by atoms with Gasteiger partial charge in [0.25, 0.3) is 5.91 Å². The quantitative estimate of drug-likeness (QED) is 0.522. The number of thiazole rings is 1. The van der Waals surface area contributed by atoms with Crippen molar-refractivity contribution in [3.05, 3.63) is 34.6 Å². The van der Waals surface area contributed by atoms with Crippen LogP contribution in [0.25, 0.3) is 10.2 Å². The average molecular weight is 447 g/mol. The van der Waals surface area contributed by atoms with Crippen molar-refractivity contribution < 1.29 is 28.5 Å². The Kier molecular flexibility index (Phi) is 7.06. The van der Waals surface area contributed by atoms with E-state index in [0.29, 0.717) is 45.7 Å². The van der Waals surface area contributed by atoms with E-state index >= 15 is 0 Å². The number of carbonyl (C=O) groups excluding carboxylic acids is 1. The molecule has 31 heavy (non-hydrogen) atoms. The number of carbonyl (C=O) groups is 1. The number of methoxy groups -OCH3 is 5. The minimum Gasteiger partial charge on any atom is -0.495 e. The van der Waals surface area contributed by atoms with Crippen LogP contribution in [0, 0.1) is 0 Å². The summed E-state index contributed by atoms with van der Waals surface area (Å²) in [6, 6.07) is 6.88. The Morgan fingerprint density at radius 3 is 2.00 bits per heavy atom. The van der Waals surface area contributed by atoms with Gasteiger partial charge in [-0.05, 0) is 30.7 Å². The number of aromatic nitrogens is 1. The Balaban J connectivity index is 2.23. The Hall–Kier alpha value is -3.20. The number of amides is 1. The molecule has 0 aliphatic rings. The molecule has 0 aliphatic carbocycles. The molecular weight excluding hydrogens is 420 g/mol. The molecule has 0 N–H and O–H groups in total. The van der Waals surface area contributed by atoms with Gasteiger partial charge in [-0.1, -0.05) is 18.3 Å². The molecule has 3 aromatic rings. The predicted molar refractivity (Wildman–Crippen MR) is 119 cm³/mol. The molecule has 9 heteroatoms. The van der Waals surface area contributed by atoms with E-state index in [1.807, 2.05) is 16.7 Å². The number of rotatable bonds is 8. The van der Waals surface area contributed by atoms with Gasteiger partial charge in [0, 0.05) is 12.1 Å². The monoisotopic (exact) mass is 446 g/mol. The van der Waals surface area contributed by atoms with Gasteiger partial charge in [-0.25, -0.2) is 0 Å². The van der Waals surface area contributed by atoms with Crippen molar-refractivity contribution in [1.29, 1.82) is 0 Å². The largest absolute Gasteiger partial charge is 0.495 e. The molecule has 166 valence electrons. The van der Waals surface area contributed by atoms with Crippen LogP contribution in [0.1, 0.15) is 23.7 Å². The Morgan fingerprint density at radius 1 is 0.903 bits per heavy atom. The van der Waals surface area contributed by atoms with Crippen LogP contribution in [0.5, 0.6) is 28.7 Å². The molecule has 1 amide bonds. The summed E-state index contributed by atoms with van der Waals surface area (Å²) in [6.45, 7) is 2.73. The fourth-order valence-electron chi connectivity index (χ4n) is 3.33. The van der Waals surface area contributed by atoms with Crippen molar-refractivity contribution in [2.45, 2.75) is 19.9 Å². The zero-order valence-electron chi connectivity index (χ0n) is 18.5. The van der Waals surface area contributed by atoms with Crippen molar-refractivity contribution in [2.75, 3.05) is 35.5 Å². The number of nitrogens with zero attached hydrogens (tertiary/aromatic N) is 2. The lowest BCUT2D eigenvalue weighted by molar-refractivity contribution is 0.0997. The van der Waals surface area contributed by atoms with Crippen molar-refractivity contribution in [3.8, 4) is 28.7 Å². The molecular formula is C22H26N2O6S. The van der Waals surface area contributed by atoms with E-state index in [2.05, 4.69) is 11.9 Å². The molecule has 2 aromatic carbocycles. The van der Waals surface area contributed by atoms with E-state index < -0.39 is 5.91 Å². The number of aryl methyl sites for hydroxylation is 1. The SMILES string of the molecule is CCCn1c(=NC(=O)c2cc(OC)c(OC)c(OC)c2)sc2c(OC)ccc(OC)c21. The van der Waals surface area contributed by atoms with Gasteiger partial charge in [-0.2, -0.15) is 4.99 Å². The smallest absolute Gasteiger partial charge is 0.279 e. The van der Waals surface area contributed by atoms with Crippen LogP contribution in [-0.4, -0.2) is 46.0 Å². The maximum atomic E-state index is 13.1. The van der Waals surface area contributed by atoms with Crippen LogP contribution in [0.15, 0.2) is 29.3 Å². The van der Waals surface area contributed by atoms with Crippen molar-refractivity contribution >= 4 is 27.5 Å². The second-order valence-corrected chi connectivity index (χ2v) is 7.49. The zero-order chi connectivity index (χ0) is 22.5. The molecule has 0 saturated heterocycles. The van der Waals surface area contributed by atoms with Crippen LogP contribution < -0.4 is 28.5 Å². The highest BCUT2D eigenvalue weighted by Gasteiger charge is 2.19. The summed E-state index contributed by atoms with van der Waals surface area (Å²) in [4.78, 5) is 18.1. The van der Waals surface area contributed by atoms with Gasteiger partial charge in [0.2, 0.25) is 5.75 Å². The highest BCUT2D eigenvalue weighted by atomic mass is 32.1. The summed E-state index contributed by atoms with van der Waals surface area (Å²) in [5, 5.41) is 0. The summed E-state index contributed by atoms with van der Waals surface area (Å²) in [7, 11) is 7.75. The number of hydrogen-bond acceptors (Lipinski definition) is 7. The van der Waals surface area contributed by atoms with E-state index in [-0.39, 0.29) is 0 Å². The van der Waals surface area contributed by atoms with Crippen LogP contribution in [0.2, 0.25) is 0 Å². The topological polar surface area (TPSA) is 80.5 Å². The molecule has 0 aliphatic heterocycles. The fourth-order valence-corrected chi connectivity index (χ4v) is 4.49. The van der Waals surface area contributed by atoms with Crippen LogP contribution in [0.4, 0.5) is 0 Å². The third-order valence-corrected chi connectivity index (χ3v) is 5.84. The van der Waals surface area contributed by atoms with E-state index in [0.717, 1.165) is 16.6 Å². The summed E-state index contributed by atoms with van der Waals surface area (Å²) in [5.41, 5.74) is 1.18. The van der Waals surface area contributed by atoms with E-state index in [1.54, 1.807) is 26.4 Å². The standard InChI is InChI=1S/C22H26N2O6S/c1-7-10-24-18-14(26-2)8-9-15(27-3)20(18)31-22(24)23-21(25)13-11-16(28-4)19(30-6)17(12-13)29-5/h8-9,11-12H,7,10H2,1-6H3. The molecule has 1 aromatic heterocycles. The van der Waals surface area contributed by atoms with E-state index in [1.165, 1.54) is 32.7 Å². The van der Waals surface area contributed by atoms with Crippen LogP contribution in [0.3, 0.4) is 0 Å². The third-order valence-electron chi connectivity index (χ3n) is 4.75. The highest BCUT2D eigenvalue weighted by Crippen LogP contribution is 2.38. The molecule has 1 heterocycles. The molecule has 0 radical (unpaired) electrons. The van der Waals surface area contributed by atoms with E-state index in [9.17, 15) is 4.79 Å². The minimum atomic E-state index is -0.423. The Morgan fingerprint density at radius 2 is 1.48 bits per heavy atom. The molecule has 0 bridgehead atoms. The first-order valence-electron chi connectivity index (χ1n) is 9.66. The normalized spacial score (nSPS) is 11.5. The van der Waals surface area contributed by atoms with Crippen molar-refractivity contribution in [2.24, 2.45) is 4.99 Å². The average Bonchev–Trinajstić information content (AvgIpc) is 3.15. The van der Waals surface area contributed by atoms with Crippen molar-refractivity contribution in [1.82, 2.24) is 4.57 Å². The second-order valence-electron chi connectivity index (χ2n) is 6.52. The second kappa shape index (κ2) is 9.74. The highest BCUT2D eigenvalue weighted by molar-refractivity contribution is 7.16. The summed E-state index contributed by atoms with van der Waals surface area (Å²) in [5.74, 6) is 2.17. The van der Waals surface area contributed by atoms with Gasteiger partial charge >= 0.3 is 0 Å². The molecule has 3 rings (SSSR count). The molecule has 0 fully saturated rings. The Bertz CT molecular complexity index is 1140. The molecule has 0 saturated carbocycles. The first kappa shape index (κ1) is 22.5. The minimum absolute atomic E-state index is 0.328. The van der Waals surface area contributed by atoms with Crippen LogP contribution >= 0.6 is 11.3 Å². The zero-order valence-corrected chi connectivity index (χ0v) is 19.3. The lowest BCUT2D eigenvalue weighted by Gasteiger charge is -2.12. The summed E-state index contributed by atoms with van der Waals surface area (Å²) >= 11 is 1.38. The maximum Gasteiger partial charge on any atom is 0.279 e. The van der Waals surface area contributed by atoms with Gasteiger partial charge in [-0.3, -0.25) is 4.79 Å².